The van der Waals surface area contributed by atoms with Gasteiger partial charge in [0.1, 0.15) is 12.4 Å². The lowest BCUT2D eigenvalue weighted by molar-refractivity contribution is -0.901. The second kappa shape index (κ2) is 11.2. The molecule has 2 aliphatic heterocycles. The van der Waals surface area contributed by atoms with Crippen molar-refractivity contribution >= 4 is 27.4 Å². The van der Waals surface area contributed by atoms with Crippen molar-refractivity contribution in [3.8, 4) is 11.1 Å². The zero-order valence-corrected chi connectivity index (χ0v) is 22.4. The van der Waals surface area contributed by atoms with Crippen molar-refractivity contribution < 1.29 is 23.0 Å². The van der Waals surface area contributed by atoms with Gasteiger partial charge in [-0.15, -0.1) is 0 Å². The Bertz CT molecular complexity index is 1400. The van der Waals surface area contributed by atoms with Gasteiger partial charge in [0.2, 0.25) is 10.0 Å². The Morgan fingerprint density at radius 2 is 1.74 bits per heavy atom. The predicted octanol–water partition coefficient (Wildman–Crippen LogP) is -0.324. The van der Waals surface area contributed by atoms with Gasteiger partial charge in [-0.2, -0.15) is 4.31 Å². The zero-order chi connectivity index (χ0) is 26.7. The van der Waals surface area contributed by atoms with Crippen LogP contribution in [0.15, 0.2) is 59.9 Å². The lowest BCUT2D eigenvalue weighted by atomic mass is 10.1. The molecule has 2 saturated heterocycles. The molecule has 200 valence electrons. The van der Waals surface area contributed by atoms with E-state index in [0.717, 1.165) is 43.9 Å². The van der Waals surface area contributed by atoms with E-state index in [1.54, 1.807) is 53.2 Å². The maximum Gasteiger partial charge on any atom is 0.259 e. The smallest absolute Gasteiger partial charge is 0.259 e. The average molecular weight is 538 g/mol. The van der Waals surface area contributed by atoms with E-state index in [1.807, 2.05) is 6.07 Å². The molecule has 0 aliphatic carbocycles. The van der Waals surface area contributed by atoms with Crippen molar-refractivity contribution in [1.29, 1.82) is 0 Å². The molecule has 5 rings (SSSR count). The minimum atomic E-state index is -3.55. The van der Waals surface area contributed by atoms with E-state index in [-0.39, 0.29) is 22.2 Å². The number of carbonyl (C=O) groups excluding carboxylic acids is 1. The summed E-state index contributed by atoms with van der Waals surface area (Å²) in [7, 11) is -1.48. The zero-order valence-electron chi connectivity index (χ0n) is 21.6. The van der Waals surface area contributed by atoms with Crippen molar-refractivity contribution in [3.05, 3.63) is 66.1 Å². The Hall–Kier alpha value is -3.38. The van der Waals surface area contributed by atoms with E-state index in [2.05, 4.69) is 22.3 Å². The fraction of sp³-hybridized carbons (Fsp3) is 0.370. The average Bonchev–Trinajstić information content (AvgIpc) is 3.43. The van der Waals surface area contributed by atoms with Gasteiger partial charge in [0.25, 0.3) is 5.91 Å². The molecule has 3 aromatic rings. The predicted molar refractivity (Wildman–Crippen MR) is 145 cm³/mol. The number of carbonyl (C=O) groups is 1. The maximum atomic E-state index is 13.2. The highest BCUT2D eigenvalue weighted by atomic mass is 32.2. The summed E-state index contributed by atoms with van der Waals surface area (Å²) in [5.74, 6) is -0.239. The number of sulfonamides is 1. The molecule has 0 radical (unpaired) electrons. The number of nitrogens with two attached hydrogens (primary N) is 1. The second-order valence-corrected chi connectivity index (χ2v) is 12.1. The Kier molecular flexibility index (Phi) is 7.70. The van der Waals surface area contributed by atoms with Gasteiger partial charge in [-0.3, -0.25) is 9.78 Å². The van der Waals surface area contributed by atoms with E-state index in [9.17, 15) is 13.2 Å². The third-order valence-electron chi connectivity index (χ3n) is 7.48. The number of likely N-dealkylation sites (tertiary alicyclic amines) is 1. The molecule has 1 amide bonds. The summed E-state index contributed by atoms with van der Waals surface area (Å²) in [6.07, 6.45) is 7.44. The van der Waals surface area contributed by atoms with Crippen molar-refractivity contribution in [2.24, 2.45) is 0 Å². The number of likely N-dealkylation sites (N-methyl/N-ethyl adjacent to an activating group) is 1. The molecule has 5 N–H and O–H groups in total. The largest absolute Gasteiger partial charge is 0.383 e. The fourth-order valence-electron chi connectivity index (χ4n) is 5.09. The first-order valence-electron chi connectivity index (χ1n) is 13.1. The summed E-state index contributed by atoms with van der Waals surface area (Å²) in [6, 6.07) is 10.3. The van der Waals surface area contributed by atoms with Crippen LogP contribution in [0.1, 0.15) is 28.8 Å². The molecule has 2 aromatic heterocycles. The van der Waals surface area contributed by atoms with E-state index < -0.39 is 10.0 Å². The van der Waals surface area contributed by atoms with E-state index in [4.69, 9.17) is 5.73 Å². The number of hydrogen-bond donors (Lipinski definition) is 4. The molecule has 0 bridgehead atoms. The highest BCUT2D eigenvalue weighted by molar-refractivity contribution is 7.89. The van der Waals surface area contributed by atoms with Crippen LogP contribution in [0.5, 0.6) is 0 Å². The Balaban J connectivity index is 1.33. The SMILES string of the molecule is C[NH+]1CCN(S(=O)(=O)c2ccc(-c3cnc(N)c(C(=O)Nc4cnccc4C[NH+]4CCCC4)c3)cc2)CC1. The second-order valence-electron chi connectivity index (χ2n) is 10.2. The molecule has 1 aromatic carbocycles. The van der Waals surface area contributed by atoms with Crippen LogP contribution >= 0.6 is 0 Å². The Labute approximate surface area is 223 Å². The summed E-state index contributed by atoms with van der Waals surface area (Å²) in [6.45, 7) is 5.69. The highest BCUT2D eigenvalue weighted by Crippen LogP contribution is 2.26. The summed E-state index contributed by atoms with van der Waals surface area (Å²) in [5.41, 5.74) is 9.46. The van der Waals surface area contributed by atoms with Gasteiger partial charge in [0.15, 0.2) is 0 Å². The molecule has 38 heavy (non-hydrogen) atoms. The number of nitrogens with one attached hydrogen (secondary N) is 3. The molecule has 2 aliphatic rings. The fourth-order valence-corrected chi connectivity index (χ4v) is 6.53. The van der Waals surface area contributed by atoms with E-state index >= 15 is 0 Å². The van der Waals surface area contributed by atoms with Crippen LogP contribution in [0.3, 0.4) is 0 Å². The number of anilines is 2. The molecule has 0 unspecified atom stereocenters. The summed E-state index contributed by atoms with van der Waals surface area (Å²) < 4.78 is 27.7. The number of nitrogen functional groups attached to an aromatic ring is 1. The van der Waals surface area contributed by atoms with Gasteiger partial charge >= 0.3 is 0 Å². The highest BCUT2D eigenvalue weighted by Gasteiger charge is 2.29. The Morgan fingerprint density at radius 3 is 2.45 bits per heavy atom. The first kappa shape index (κ1) is 26.2. The van der Waals surface area contributed by atoms with Crippen LogP contribution in [0.25, 0.3) is 11.1 Å². The Morgan fingerprint density at radius 1 is 1.03 bits per heavy atom. The summed E-state index contributed by atoms with van der Waals surface area (Å²) in [4.78, 5) is 24.8. The third-order valence-corrected chi connectivity index (χ3v) is 9.39. The number of nitrogens with zero attached hydrogens (tertiary/aromatic N) is 3. The topological polar surface area (TPSA) is 127 Å². The van der Waals surface area contributed by atoms with Crippen LogP contribution in [-0.2, 0) is 16.6 Å². The van der Waals surface area contributed by atoms with Crippen LogP contribution < -0.4 is 20.9 Å². The minimum absolute atomic E-state index is 0.123. The number of aromatic nitrogens is 2. The molecular formula is C27H35N7O3S+2. The number of hydrogen-bond acceptors (Lipinski definition) is 6. The van der Waals surface area contributed by atoms with Crippen LogP contribution in [0, 0.1) is 0 Å². The molecule has 0 atom stereocenters. The van der Waals surface area contributed by atoms with Crippen molar-refractivity contribution in [2.45, 2.75) is 24.3 Å². The molecule has 0 saturated carbocycles. The van der Waals surface area contributed by atoms with Gasteiger partial charge < -0.3 is 20.9 Å². The first-order valence-corrected chi connectivity index (χ1v) is 14.5. The first-order chi connectivity index (χ1) is 18.3. The quantitative estimate of drug-likeness (QED) is 0.327. The molecular weight excluding hydrogens is 502 g/mol. The molecule has 4 heterocycles. The number of benzene rings is 1. The van der Waals surface area contributed by atoms with E-state index in [0.29, 0.717) is 24.3 Å². The van der Waals surface area contributed by atoms with Gasteiger partial charge in [0.05, 0.1) is 68.7 Å². The van der Waals surface area contributed by atoms with Crippen molar-refractivity contribution in [3.63, 3.8) is 0 Å². The monoisotopic (exact) mass is 537 g/mol. The lowest BCUT2D eigenvalue weighted by Gasteiger charge is -2.29. The van der Waals surface area contributed by atoms with Crippen molar-refractivity contribution in [1.82, 2.24) is 14.3 Å². The number of rotatable bonds is 7. The lowest BCUT2D eigenvalue weighted by Crippen LogP contribution is -3.12. The van der Waals surface area contributed by atoms with Crippen LogP contribution in [-0.4, -0.2) is 74.9 Å². The van der Waals surface area contributed by atoms with Crippen molar-refractivity contribution in [2.75, 3.05) is 57.4 Å². The third kappa shape index (κ3) is 5.70. The maximum absolute atomic E-state index is 13.2. The van der Waals surface area contributed by atoms with E-state index in [1.165, 1.54) is 22.6 Å². The van der Waals surface area contributed by atoms with Gasteiger partial charge in [-0.25, -0.2) is 13.4 Å². The molecule has 10 nitrogen and oxygen atoms in total. The van der Waals surface area contributed by atoms with Gasteiger partial charge in [-0.05, 0) is 29.8 Å². The number of piperazine rings is 1. The number of amides is 1. The number of pyridine rings is 2. The normalized spacial score (nSPS) is 17.5. The van der Waals surface area contributed by atoms with Gasteiger partial charge in [0, 0.05) is 36.4 Å². The molecule has 0 spiro atoms. The van der Waals surface area contributed by atoms with Gasteiger partial charge in [-0.1, -0.05) is 12.1 Å². The molecule has 2 fully saturated rings. The van der Waals surface area contributed by atoms with Crippen LogP contribution in [0.4, 0.5) is 11.5 Å². The number of quaternary nitrogens is 2. The summed E-state index contributed by atoms with van der Waals surface area (Å²) >= 11 is 0. The molecule has 11 heteroatoms. The standard InChI is InChI=1S/C27H33N7O3S/c1-32-12-14-34(15-13-32)38(36,37)23-6-4-20(5-7-23)22-16-24(26(28)30-17-22)27(35)31-25-18-29-9-8-21(25)19-33-10-2-3-11-33/h4-9,16-18H,2-3,10-15,19H2,1H3,(H2,28,30)(H,31,35)/p+2. The van der Waals surface area contributed by atoms with Crippen LogP contribution in [0.2, 0.25) is 0 Å². The summed E-state index contributed by atoms with van der Waals surface area (Å²) in [5, 5.41) is 2.97. The minimum Gasteiger partial charge on any atom is -0.383 e.